The summed E-state index contributed by atoms with van der Waals surface area (Å²) in [6, 6.07) is 5.70. The number of nitrogens with one attached hydrogen (secondary N) is 2. The van der Waals surface area contributed by atoms with Gasteiger partial charge < -0.3 is 20.5 Å². The maximum Gasteiger partial charge on any atom is 0.324 e. The highest BCUT2D eigenvalue weighted by Crippen LogP contribution is 2.14. The van der Waals surface area contributed by atoms with E-state index >= 15 is 0 Å². The number of aliphatic hydroxyl groups is 1. The number of hydrogen-bond donors (Lipinski definition) is 3. The predicted octanol–water partition coefficient (Wildman–Crippen LogP) is 0.778. The molecule has 3 N–H and O–H groups in total. The normalized spacial score (nSPS) is 17.4. The Balaban J connectivity index is 1.85. The third-order valence-electron chi connectivity index (χ3n) is 4.54. The Bertz CT molecular complexity index is 683. The number of hydrogen-bond acceptors (Lipinski definition) is 6. The summed E-state index contributed by atoms with van der Waals surface area (Å²) < 4.78 is 5.11. The Morgan fingerprint density at radius 2 is 2.07 bits per heavy atom. The van der Waals surface area contributed by atoms with Crippen LogP contribution in [0.2, 0.25) is 0 Å². The zero-order valence-corrected chi connectivity index (χ0v) is 17.0. The number of carbonyl (C=O) groups excluding carboxylic acids is 3. The third kappa shape index (κ3) is 6.13. The fourth-order valence-corrected chi connectivity index (χ4v) is 3.42. The molecule has 0 aliphatic carbocycles. The standard InChI is InChI=1S/C19H27N3O5S/c1-27-15-5-3-13(4-6-15)7-9-22-18(25)16(21-19(22)26)11-17(24)20-14(12-23)8-10-28-2/h3-6,14,16,23H,7-12H2,1-2H3,(H,20,24)(H,21,26)/t14-,16+/m0/s1. The first-order valence-corrected chi connectivity index (χ1v) is 10.5. The SMILES string of the molecule is COc1ccc(CCN2C(=O)N[C@H](CC(=O)N[C@H](CO)CCSC)C2=O)cc1. The van der Waals surface area contributed by atoms with Gasteiger partial charge in [-0.05, 0) is 42.5 Å². The number of carbonyl (C=O) groups is 3. The van der Waals surface area contributed by atoms with Crippen molar-refractivity contribution >= 4 is 29.6 Å². The number of ether oxygens (including phenoxy) is 1. The summed E-state index contributed by atoms with van der Waals surface area (Å²) in [5.41, 5.74) is 0.974. The van der Waals surface area contributed by atoms with E-state index in [1.165, 1.54) is 0 Å². The van der Waals surface area contributed by atoms with E-state index in [4.69, 9.17) is 4.74 Å². The molecule has 1 saturated heterocycles. The number of benzene rings is 1. The first-order valence-electron chi connectivity index (χ1n) is 9.12. The molecule has 0 aromatic heterocycles. The highest BCUT2D eigenvalue weighted by molar-refractivity contribution is 7.98. The summed E-state index contributed by atoms with van der Waals surface area (Å²) in [6.45, 7) is 0.0767. The molecule has 9 heteroatoms. The second-order valence-corrected chi connectivity index (χ2v) is 7.51. The van der Waals surface area contributed by atoms with Crippen LogP contribution in [0.3, 0.4) is 0 Å². The molecule has 1 aliphatic heterocycles. The van der Waals surface area contributed by atoms with Gasteiger partial charge in [-0.3, -0.25) is 14.5 Å². The molecular formula is C19H27N3O5S. The van der Waals surface area contributed by atoms with Crippen molar-refractivity contribution in [3.05, 3.63) is 29.8 Å². The number of nitrogens with zero attached hydrogens (tertiary/aromatic N) is 1. The van der Waals surface area contributed by atoms with Gasteiger partial charge in [-0.15, -0.1) is 0 Å². The second kappa shape index (κ2) is 10.9. The Morgan fingerprint density at radius 1 is 1.36 bits per heavy atom. The van der Waals surface area contributed by atoms with Gasteiger partial charge in [0.2, 0.25) is 5.91 Å². The summed E-state index contributed by atoms with van der Waals surface area (Å²) in [6.07, 6.45) is 2.97. The van der Waals surface area contributed by atoms with Gasteiger partial charge in [0.05, 0.1) is 26.2 Å². The minimum atomic E-state index is -0.872. The molecule has 0 saturated carbocycles. The van der Waals surface area contributed by atoms with Crippen LogP contribution in [0.15, 0.2) is 24.3 Å². The van der Waals surface area contributed by atoms with Crippen LogP contribution < -0.4 is 15.4 Å². The largest absolute Gasteiger partial charge is 0.497 e. The predicted molar refractivity (Wildman–Crippen MR) is 107 cm³/mol. The lowest BCUT2D eigenvalue weighted by Gasteiger charge is -2.17. The van der Waals surface area contributed by atoms with Gasteiger partial charge in [0.25, 0.3) is 5.91 Å². The van der Waals surface area contributed by atoms with Crippen molar-refractivity contribution in [1.29, 1.82) is 0 Å². The second-order valence-electron chi connectivity index (χ2n) is 6.52. The number of aliphatic hydroxyl groups excluding tert-OH is 1. The van der Waals surface area contributed by atoms with Crippen molar-refractivity contribution in [3.8, 4) is 5.75 Å². The zero-order valence-electron chi connectivity index (χ0n) is 16.1. The van der Waals surface area contributed by atoms with Gasteiger partial charge in [0.1, 0.15) is 11.8 Å². The molecule has 4 amide bonds. The molecule has 1 heterocycles. The Hall–Kier alpha value is -2.26. The van der Waals surface area contributed by atoms with Crippen molar-refractivity contribution in [2.45, 2.75) is 31.3 Å². The Labute approximate surface area is 169 Å². The molecule has 2 rings (SSSR count). The molecule has 8 nitrogen and oxygen atoms in total. The van der Waals surface area contributed by atoms with Crippen LogP contribution in [0.1, 0.15) is 18.4 Å². The van der Waals surface area contributed by atoms with E-state index in [9.17, 15) is 19.5 Å². The molecule has 1 aromatic rings. The molecule has 0 unspecified atom stereocenters. The van der Waals surface area contributed by atoms with Crippen molar-refractivity contribution in [2.24, 2.45) is 0 Å². The Morgan fingerprint density at radius 3 is 2.68 bits per heavy atom. The van der Waals surface area contributed by atoms with Gasteiger partial charge >= 0.3 is 6.03 Å². The van der Waals surface area contributed by atoms with E-state index in [-0.39, 0.29) is 31.5 Å². The van der Waals surface area contributed by atoms with Crippen LogP contribution in [-0.2, 0) is 16.0 Å². The number of amides is 4. The van der Waals surface area contributed by atoms with Gasteiger partial charge in [-0.2, -0.15) is 11.8 Å². The van der Waals surface area contributed by atoms with Crippen LogP contribution in [0.25, 0.3) is 0 Å². The average Bonchev–Trinajstić information content (AvgIpc) is 2.96. The van der Waals surface area contributed by atoms with Crippen molar-refractivity contribution in [3.63, 3.8) is 0 Å². The summed E-state index contributed by atoms with van der Waals surface area (Å²) in [5, 5.41) is 14.6. The van der Waals surface area contributed by atoms with E-state index < -0.39 is 18.0 Å². The van der Waals surface area contributed by atoms with Gasteiger partial charge in [0.15, 0.2) is 0 Å². The number of methoxy groups -OCH3 is 1. The monoisotopic (exact) mass is 409 g/mol. The molecule has 0 radical (unpaired) electrons. The molecule has 1 aliphatic rings. The maximum absolute atomic E-state index is 12.5. The van der Waals surface area contributed by atoms with Crippen LogP contribution in [-0.4, -0.2) is 72.2 Å². The molecule has 28 heavy (non-hydrogen) atoms. The molecular weight excluding hydrogens is 382 g/mol. The first-order chi connectivity index (χ1) is 13.5. The smallest absolute Gasteiger partial charge is 0.324 e. The lowest BCUT2D eigenvalue weighted by atomic mass is 10.1. The van der Waals surface area contributed by atoms with Gasteiger partial charge in [-0.25, -0.2) is 4.79 Å². The lowest BCUT2D eigenvalue weighted by Crippen LogP contribution is -2.42. The fourth-order valence-electron chi connectivity index (χ4n) is 2.90. The van der Waals surface area contributed by atoms with Crippen LogP contribution in [0.5, 0.6) is 5.75 Å². The van der Waals surface area contributed by atoms with Crippen molar-refractivity contribution < 1.29 is 24.2 Å². The quantitative estimate of drug-likeness (QED) is 0.466. The van der Waals surface area contributed by atoms with Gasteiger partial charge in [-0.1, -0.05) is 12.1 Å². The third-order valence-corrected chi connectivity index (χ3v) is 5.18. The zero-order chi connectivity index (χ0) is 20.5. The van der Waals surface area contributed by atoms with E-state index in [1.54, 1.807) is 18.9 Å². The lowest BCUT2D eigenvalue weighted by molar-refractivity contribution is -0.131. The minimum Gasteiger partial charge on any atom is -0.497 e. The number of imide groups is 1. The van der Waals surface area contributed by atoms with E-state index in [0.717, 1.165) is 22.0 Å². The van der Waals surface area contributed by atoms with Crippen LogP contribution >= 0.6 is 11.8 Å². The number of thioether (sulfide) groups is 1. The van der Waals surface area contributed by atoms with Crippen LogP contribution in [0, 0.1) is 0 Å². The van der Waals surface area contributed by atoms with Crippen molar-refractivity contribution in [2.75, 3.05) is 32.3 Å². The molecule has 1 fully saturated rings. The number of rotatable bonds is 11. The summed E-state index contributed by atoms with van der Waals surface area (Å²) in [5.74, 6) is 0.779. The summed E-state index contributed by atoms with van der Waals surface area (Å²) in [7, 11) is 1.59. The molecule has 0 bridgehead atoms. The van der Waals surface area contributed by atoms with Gasteiger partial charge in [0, 0.05) is 6.54 Å². The maximum atomic E-state index is 12.5. The summed E-state index contributed by atoms with van der Waals surface area (Å²) in [4.78, 5) is 37.9. The highest BCUT2D eigenvalue weighted by atomic mass is 32.2. The van der Waals surface area contributed by atoms with E-state index in [0.29, 0.717) is 12.8 Å². The topological polar surface area (TPSA) is 108 Å². The highest BCUT2D eigenvalue weighted by Gasteiger charge is 2.38. The van der Waals surface area contributed by atoms with E-state index in [1.807, 2.05) is 30.5 Å². The summed E-state index contributed by atoms with van der Waals surface area (Å²) >= 11 is 1.62. The molecule has 1 aromatic carbocycles. The fraction of sp³-hybridized carbons (Fsp3) is 0.526. The molecule has 2 atom stereocenters. The van der Waals surface area contributed by atoms with E-state index in [2.05, 4.69) is 10.6 Å². The first kappa shape index (κ1) is 22.0. The van der Waals surface area contributed by atoms with Crippen molar-refractivity contribution in [1.82, 2.24) is 15.5 Å². The Kier molecular flexibility index (Phi) is 8.59. The average molecular weight is 410 g/mol. The van der Waals surface area contributed by atoms with Crippen LogP contribution in [0.4, 0.5) is 4.79 Å². The molecule has 0 spiro atoms. The number of urea groups is 1. The molecule has 154 valence electrons. The minimum absolute atomic E-state index is 0.140.